The Bertz CT molecular complexity index is 900. The molecule has 6 nitrogen and oxygen atoms in total. The van der Waals surface area contributed by atoms with Crippen LogP contribution in [-0.4, -0.2) is 24.2 Å². The molecule has 0 bridgehead atoms. The Morgan fingerprint density at radius 2 is 1.56 bits per heavy atom. The summed E-state index contributed by atoms with van der Waals surface area (Å²) in [6, 6.07) is 17.9. The van der Waals surface area contributed by atoms with Crippen LogP contribution in [0.5, 0.6) is 11.5 Å². The Kier molecular flexibility index (Phi) is 5.76. The quantitative estimate of drug-likeness (QED) is 0.632. The van der Waals surface area contributed by atoms with Gasteiger partial charge in [0, 0.05) is 23.9 Å². The van der Waals surface area contributed by atoms with Crippen molar-refractivity contribution in [2.45, 2.75) is 19.9 Å². The highest BCUT2D eigenvalue weighted by Gasteiger charge is 2.09. The molecule has 2 aromatic carbocycles. The Balaban J connectivity index is 1.79. The molecule has 0 saturated carbocycles. The van der Waals surface area contributed by atoms with Crippen LogP contribution in [0.3, 0.4) is 0 Å². The molecule has 1 heterocycles. The number of hydrogen-bond donors (Lipinski definition) is 2. The van der Waals surface area contributed by atoms with Crippen LogP contribution >= 0.6 is 0 Å². The van der Waals surface area contributed by atoms with Gasteiger partial charge in [0.15, 0.2) is 11.5 Å². The van der Waals surface area contributed by atoms with E-state index in [0.717, 1.165) is 11.5 Å². The maximum atomic E-state index is 5.35. The lowest BCUT2D eigenvalue weighted by Gasteiger charge is -2.16. The average molecular weight is 364 g/mol. The number of rotatable bonds is 7. The zero-order chi connectivity index (χ0) is 19.2. The van der Waals surface area contributed by atoms with Crippen molar-refractivity contribution in [3.05, 3.63) is 66.0 Å². The predicted octanol–water partition coefficient (Wildman–Crippen LogP) is 4.72. The lowest BCUT2D eigenvalue weighted by Crippen LogP contribution is -2.09. The third-order valence-electron chi connectivity index (χ3n) is 4.16. The summed E-state index contributed by atoms with van der Waals surface area (Å²) in [6.07, 6.45) is 0. The lowest BCUT2D eigenvalue weighted by atomic mass is 10.1. The first-order chi connectivity index (χ1) is 13.1. The van der Waals surface area contributed by atoms with E-state index in [1.54, 1.807) is 14.2 Å². The number of benzene rings is 2. The van der Waals surface area contributed by atoms with Gasteiger partial charge in [-0.1, -0.05) is 30.3 Å². The van der Waals surface area contributed by atoms with Crippen LogP contribution in [-0.2, 0) is 0 Å². The van der Waals surface area contributed by atoms with Crippen LogP contribution in [0.4, 0.5) is 17.3 Å². The molecule has 2 N–H and O–H groups in total. The highest BCUT2D eigenvalue weighted by Crippen LogP contribution is 2.31. The molecule has 27 heavy (non-hydrogen) atoms. The van der Waals surface area contributed by atoms with Crippen LogP contribution in [0, 0.1) is 6.92 Å². The van der Waals surface area contributed by atoms with Gasteiger partial charge in [-0.05, 0) is 31.5 Å². The zero-order valence-electron chi connectivity index (χ0n) is 16.0. The minimum absolute atomic E-state index is 0.134. The average Bonchev–Trinajstić information content (AvgIpc) is 2.68. The van der Waals surface area contributed by atoms with Crippen molar-refractivity contribution in [3.8, 4) is 11.5 Å². The van der Waals surface area contributed by atoms with Crippen LogP contribution in [0.1, 0.15) is 24.4 Å². The fourth-order valence-electron chi connectivity index (χ4n) is 2.81. The monoisotopic (exact) mass is 364 g/mol. The van der Waals surface area contributed by atoms with Gasteiger partial charge >= 0.3 is 0 Å². The molecule has 0 radical (unpaired) electrons. The Labute approximate surface area is 159 Å². The summed E-state index contributed by atoms with van der Waals surface area (Å²) < 4.78 is 10.6. The fourth-order valence-corrected chi connectivity index (χ4v) is 2.81. The third-order valence-corrected chi connectivity index (χ3v) is 4.16. The molecule has 6 heteroatoms. The fraction of sp³-hybridized carbons (Fsp3) is 0.238. The Morgan fingerprint density at radius 1 is 0.852 bits per heavy atom. The molecule has 3 aromatic rings. The number of nitrogens with zero attached hydrogens (tertiary/aromatic N) is 2. The summed E-state index contributed by atoms with van der Waals surface area (Å²) in [5, 5.41) is 6.73. The molecule has 0 amide bonds. The molecule has 0 saturated heterocycles. The first-order valence-corrected chi connectivity index (χ1v) is 8.75. The van der Waals surface area contributed by atoms with Gasteiger partial charge in [0.1, 0.15) is 17.5 Å². The van der Waals surface area contributed by atoms with Crippen molar-refractivity contribution in [3.63, 3.8) is 0 Å². The SMILES string of the molecule is COc1ccc(Nc2cc(NC(C)c3ccccc3)nc(C)n2)cc1OC. The summed E-state index contributed by atoms with van der Waals surface area (Å²) in [5.41, 5.74) is 2.05. The number of hydrogen-bond acceptors (Lipinski definition) is 6. The highest BCUT2D eigenvalue weighted by atomic mass is 16.5. The van der Waals surface area contributed by atoms with E-state index in [2.05, 4.69) is 39.7 Å². The first-order valence-electron chi connectivity index (χ1n) is 8.75. The summed E-state index contributed by atoms with van der Waals surface area (Å²) in [5.74, 6) is 3.49. The predicted molar refractivity (Wildman–Crippen MR) is 108 cm³/mol. The van der Waals surface area contributed by atoms with Gasteiger partial charge in [0.05, 0.1) is 14.2 Å². The van der Waals surface area contributed by atoms with Gasteiger partial charge in [-0.3, -0.25) is 0 Å². The minimum atomic E-state index is 0.134. The van der Waals surface area contributed by atoms with Crippen molar-refractivity contribution < 1.29 is 9.47 Å². The number of methoxy groups -OCH3 is 2. The third kappa shape index (κ3) is 4.67. The molecule has 0 aliphatic heterocycles. The molecule has 140 valence electrons. The second-order valence-electron chi connectivity index (χ2n) is 6.16. The molecular formula is C21H24N4O2. The second kappa shape index (κ2) is 8.40. The molecule has 0 spiro atoms. The van der Waals surface area contributed by atoms with Crippen molar-refractivity contribution >= 4 is 17.3 Å². The van der Waals surface area contributed by atoms with Gasteiger partial charge < -0.3 is 20.1 Å². The molecule has 0 aliphatic rings. The van der Waals surface area contributed by atoms with Gasteiger partial charge in [0.2, 0.25) is 0 Å². The van der Waals surface area contributed by atoms with E-state index in [4.69, 9.17) is 9.47 Å². The van der Waals surface area contributed by atoms with Crippen LogP contribution in [0.25, 0.3) is 0 Å². The van der Waals surface area contributed by atoms with Crippen LogP contribution < -0.4 is 20.1 Å². The molecule has 0 aliphatic carbocycles. The van der Waals surface area contributed by atoms with E-state index < -0.39 is 0 Å². The van der Waals surface area contributed by atoms with E-state index in [1.807, 2.05) is 49.4 Å². The number of anilines is 3. The van der Waals surface area contributed by atoms with Crippen molar-refractivity contribution in [1.82, 2.24) is 9.97 Å². The van der Waals surface area contributed by atoms with Crippen molar-refractivity contribution in [1.29, 1.82) is 0 Å². The largest absolute Gasteiger partial charge is 0.493 e. The van der Waals surface area contributed by atoms with E-state index in [9.17, 15) is 0 Å². The molecule has 1 aromatic heterocycles. The lowest BCUT2D eigenvalue weighted by molar-refractivity contribution is 0.355. The minimum Gasteiger partial charge on any atom is -0.493 e. The summed E-state index contributed by atoms with van der Waals surface area (Å²) in [6.45, 7) is 3.98. The van der Waals surface area contributed by atoms with Crippen LogP contribution in [0.2, 0.25) is 0 Å². The van der Waals surface area contributed by atoms with Gasteiger partial charge in [-0.2, -0.15) is 0 Å². The maximum absolute atomic E-state index is 5.35. The van der Waals surface area contributed by atoms with Gasteiger partial charge in [0.25, 0.3) is 0 Å². The maximum Gasteiger partial charge on any atom is 0.162 e. The summed E-state index contributed by atoms with van der Waals surface area (Å²) in [4.78, 5) is 8.97. The number of aromatic nitrogens is 2. The smallest absolute Gasteiger partial charge is 0.162 e. The summed E-state index contributed by atoms with van der Waals surface area (Å²) >= 11 is 0. The number of nitrogens with one attached hydrogen (secondary N) is 2. The number of ether oxygens (including phenoxy) is 2. The van der Waals surface area contributed by atoms with E-state index >= 15 is 0 Å². The second-order valence-corrected chi connectivity index (χ2v) is 6.16. The topological polar surface area (TPSA) is 68.3 Å². The Morgan fingerprint density at radius 3 is 2.26 bits per heavy atom. The van der Waals surface area contributed by atoms with Gasteiger partial charge in [-0.25, -0.2) is 9.97 Å². The van der Waals surface area contributed by atoms with Crippen LogP contribution in [0.15, 0.2) is 54.6 Å². The van der Waals surface area contributed by atoms with Crippen molar-refractivity contribution in [2.24, 2.45) is 0 Å². The molecule has 0 fully saturated rings. The number of aryl methyl sites for hydroxylation is 1. The summed E-state index contributed by atoms with van der Waals surface area (Å²) in [7, 11) is 3.23. The Hall–Kier alpha value is -3.28. The molecule has 1 atom stereocenters. The zero-order valence-corrected chi connectivity index (χ0v) is 16.0. The van der Waals surface area contributed by atoms with E-state index in [-0.39, 0.29) is 6.04 Å². The standard InChI is InChI=1S/C21H24N4O2/c1-14(16-8-6-5-7-9-16)22-20-13-21(24-15(2)23-20)25-17-10-11-18(26-3)19(12-17)27-4/h5-14H,1-4H3,(H2,22,23,24,25). The normalized spacial score (nSPS) is 11.6. The molecular weight excluding hydrogens is 340 g/mol. The van der Waals surface area contributed by atoms with E-state index in [1.165, 1.54) is 5.56 Å². The highest BCUT2D eigenvalue weighted by molar-refractivity contribution is 5.63. The first kappa shape index (κ1) is 18.5. The van der Waals surface area contributed by atoms with Gasteiger partial charge in [-0.15, -0.1) is 0 Å². The molecule has 3 rings (SSSR count). The molecule has 1 unspecified atom stereocenters. The van der Waals surface area contributed by atoms with Crippen molar-refractivity contribution in [2.75, 3.05) is 24.9 Å². The van der Waals surface area contributed by atoms with E-state index in [0.29, 0.717) is 23.1 Å².